The van der Waals surface area contributed by atoms with E-state index in [4.69, 9.17) is 0 Å². The molecule has 0 atom stereocenters. The van der Waals surface area contributed by atoms with Gasteiger partial charge >= 0.3 is 41.7 Å². The van der Waals surface area contributed by atoms with Gasteiger partial charge in [0.25, 0.3) is 0 Å². The predicted octanol–water partition coefficient (Wildman–Crippen LogP) is 10.6. The first kappa shape index (κ1) is 47.9. The van der Waals surface area contributed by atoms with Crippen molar-refractivity contribution >= 4 is 16.9 Å². The molecular formula is C29H45F15O2S. The van der Waals surface area contributed by atoms with Crippen LogP contribution in [0.25, 0.3) is 0 Å². The monoisotopic (exact) mass is 742 g/mol. The van der Waals surface area contributed by atoms with E-state index in [1.54, 1.807) is 17.3 Å². The van der Waals surface area contributed by atoms with Crippen molar-refractivity contribution in [3.63, 3.8) is 0 Å². The lowest BCUT2D eigenvalue weighted by atomic mass is 9.91. The molecule has 47 heavy (non-hydrogen) atoms. The van der Waals surface area contributed by atoms with E-state index < -0.39 is 47.7 Å². The summed E-state index contributed by atoms with van der Waals surface area (Å²) in [5.74, 6) is -48.7. The van der Waals surface area contributed by atoms with E-state index in [9.17, 15) is 75.8 Å². The maximum Gasteiger partial charge on any atom is 0.460 e. The fraction of sp³-hybridized carbons (Fsp3) is 0.966. The fourth-order valence-electron chi connectivity index (χ4n) is 4.13. The molecule has 0 aromatic carbocycles. The van der Waals surface area contributed by atoms with Crippen molar-refractivity contribution in [2.45, 2.75) is 159 Å². The van der Waals surface area contributed by atoms with Crippen molar-refractivity contribution in [3.05, 3.63) is 0 Å². The van der Waals surface area contributed by atoms with Crippen molar-refractivity contribution < 1.29 is 75.8 Å². The Bertz CT molecular complexity index is 832. The van der Waals surface area contributed by atoms with Gasteiger partial charge < -0.3 is 9.90 Å². The van der Waals surface area contributed by atoms with E-state index in [2.05, 4.69) is 20.8 Å². The summed E-state index contributed by atoms with van der Waals surface area (Å²) in [6.45, 7) is 6.95. The summed E-state index contributed by atoms with van der Waals surface area (Å²) >= 11 is 0. The number of carbonyl (C=O) groups excluding carboxylic acids is 1. The van der Waals surface area contributed by atoms with Gasteiger partial charge in [0.1, 0.15) is 23.2 Å². The number of halogens is 15. The minimum absolute atomic E-state index is 0.759. The number of rotatable bonds is 24. The van der Waals surface area contributed by atoms with Gasteiger partial charge in [-0.2, -0.15) is 65.9 Å². The minimum atomic E-state index is -8.50. The van der Waals surface area contributed by atoms with Gasteiger partial charge in [-0.25, -0.2) is 0 Å². The van der Waals surface area contributed by atoms with Crippen LogP contribution in [-0.4, -0.2) is 64.9 Å². The Morgan fingerprint density at radius 2 is 0.681 bits per heavy atom. The number of hydrogen-bond acceptors (Lipinski definition) is 2. The lowest BCUT2D eigenvalue weighted by molar-refractivity contribution is -0.454. The third-order valence-corrected chi connectivity index (χ3v) is 9.79. The van der Waals surface area contributed by atoms with Gasteiger partial charge in [-0.15, -0.1) is 0 Å². The molecule has 0 bridgehead atoms. The molecule has 0 aliphatic rings. The quantitative estimate of drug-likeness (QED) is 0.0561. The molecule has 0 aromatic heterocycles. The van der Waals surface area contributed by atoms with Crippen LogP contribution in [0.3, 0.4) is 0 Å². The van der Waals surface area contributed by atoms with Gasteiger partial charge in [-0.3, -0.25) is 0 Å². The topological polar surface area (TPSA) is 40.1 Å². The van der Waals surface area contributed by atoms with Crippen molar-refractivity contribution in [2.24, 2.45) is 0 Å². The predicted molar refractivity (Wildman–Crippen MR) is 149 cm³/mol. The van der Waals surface area contributed by atoms with Gasteiger partial charge in [0, 0.05) is 0 Å². The molecule has 2 nitrogen and oxygen atoms in total. The second-order valence-corrected chi connectivity index (χ2v) is 13.6. The highest BCUT2D eigenvalue weighted by atomic mass is 32.2. The van der Waals surface area contributed by atoms with E-state index >= 15 is 0 Å². The summed E-state index contributed by atoms with van der Waals surface area (Å²) in [5, 5.41) is 9.61. The largest absolute Gasteiger partial charge is 0.544 e. The zero-order valence-corrected chi connectivity index (χ0v) is 27.4. The maximum atomic E-state index is 12.8. The standard InChI is InChI=1S/C21H45S.C8HF15O2/c1-4-7-10-13-16-19-22(20-17-14-11-8-5-2)21-18-15-12-9-6-3;9-2(10,1(24)25)3(11,12)4(13,14)5(15,16)6(17,18)7(19,20)8(21,22)23/h4-21H2,1-3H3;(H,24,25)/q+1;/p-1. The summed E-state index contributed by atoms with van der Waals surface area (Å²) in [6.07, 6.45) is 14.2. The molecule has 18 heteroatoms. The van der Waals surface area contributed by atoms with Crippen molar-refractivity contribution in [1.29, 1.82) is 0 Å². The number of carboxylic acids is 1. The van der Waals surface area contributed by atoms with Crippen LogP contribution in [0.4, 0.5) is 65.9 Å². The Hall–Kier alpha value is -1.23. The summed E-state index contributed by atoms with van der Waals surface area (Å²) < 4.78 is 186. The van der Waals surface area contributed by atoms with Crippen LogP contribution in [0.5, 0.6) is 0 Å². The zero-order valence-electron chi connectivity index (χ0n) is 26.6. The van der Waals surface area contributed by atoms with E-state index in [0.29, 0.717) is 0 Å². The number of unbranched alkanes of at least 4 members (excludes halogenated alkanes) is 12. The number of carboxylic acid groups (broad SMARTS) is 1. The number of hydrogen-bond donors (Lipinski definition) is 0. The van der Waals surface area contributed by atoms with E-state index in [-0.39, 0.29) is 0 Å². The Balaban J connectivity index is 0. The van der Waals surface area contributed by atoms with Crippen LogP contribution in [0, 0.1) is 0 Å². The maximum absolute atomic E-state index is 12.8. The molecule has 0 aliphatic heterocycles. The molecule has 0 radical (unpaired) electrons. The molecule has 0 saturated heterocycles. The first-order valence-electron chi connectivity index (χ1n) is 15.5. The average Bonchev–Trinajstić information content (AvgIpc) is 2.95. The first-order valence-corrected chi connectivity index (χ1v) is 17.2. The van der Waals surface area contributed by atoms with Crippen molar-refractivity contribution in [3.8, 4) is 0 Å². The van der Waals surface area contributed by atoms with Gasteiger partial charge in [0.05, 0.1) is 0 Å². The van der Waals surface area contributed by atoms with Gasteiger partial charge in [0.2, 0.25) is 0 Å². The van der Waals surface area contributed by atoms with Crippen molar-refractivity contribution in [2.75, 3.05) is 17.3 Å². The molecule has 0 heterocycles. The average molecular weight is 743 g/mol. The summed E-state index contributed by atoms with van der Waals surface area (Å²) in [5.41, 5.74) is 0. The highest BCUT2D eigenvalue weighted by molar-refractivity contribution is 7.96. The summed E-state index contributed by atoms with van der Waals surface area (Å²) in [6, 6.07) is 0. The fourth-order valence-corrected chi connectivity index (χ4v) is 6.58. The van der Waals surface area contributed by atoms with Crippen LogP contribution in [0.15, 0.2) is 0 Å². The van der Waals surface area contributed by atoms with E-state index in [0.717, 1.165) is 10.9 Å². The molecule has 0 amide bonds. The van der Waals surface area contributed by atoms with Gasteiger partial charge in [0.15, 0.2) is 0 Å². The smallest absolute Gasteiger partial charge is 0.460 e. The zero-order chi connectivity index (χ0) is 37.4. The van der Waals surface area contributed by atoms with E-state index in [1.807, 2.05) is 0 Å². The molecular weight excluding hydrogens is 697 g/mol. The molecule has 284 valence electrons. The highest BCUT2D eigenvalue weighted by Gasteiger charge is 2.93. The second-order valence-electron chi connectivity index (χ2n) is 11.2. The SMILES string of the molecule is CCCCCCC[S+](CCCCCCC)CCCCCCC.O=C([O-])C(F)(F)C(F)(F)C(F)(F)C(F)(F)C(F)(F)C(F)(F)C(F)(F)F. The Labute approximate surface area is 268 Å². The van der Waals surface area contributed by atoms with Gasteiger partial charge in [-0.1, -0.05) is 78.6 Å². The second kappa shape index (κ2) is 20.4. The lowest BCUT2D eigenvalue weighted by Gasteiger charge is -2.41. The molecule has 0 saturated carbocycles. The molecule has 0 unspecified atom stereocenters. The third-order valence-electron chi connectivity index (χ3n) is 7.19. The molecule has 0 spiro atoms. The number of aliphatic carboxylic acids is 1. The minimum Gasteiger partial charge on any atom is -0.544 e. The Kier molecular flexibility index (Phi) is 20.8. The Morgan fingerprint density at radius 1 is 0.426 bits per heavy atom. The van der Waals surface area contributed by atoms with Crippen molar-refractivity contribution in [1.82, 2.24) is 0 Å². The Morgan fingerprint density at radius 3 is 0.936 bits per heavy atom. The molecule has 0 N–H and O–H groups in total. The molecule has 0 fully saturated rings. The molecule has 0 rings (SSSR count). The van der Waals surface area contributed by atoms with Crippen LogP contribution >= 0.6 is 0 Å². The number of alkyl halides is 15. The number of carbonyl (C=O) groups is 1. The lowest BCUT2D eigenvalue weighted by Crippen LogP contribution is -2.74. The van der Waals surface area contributed by atoms with E-state index in [1.165, 1.54) is 96.3 Å². The van der Waals surface area contributed by atoms with Crippen LogP contribution < -0.4 is 5.11 Å². The molecule has 0 aromatic rings. The third kappa shape index (κ3) is 12.9. The summed E-state index contributed by atoms with van der Waals surface area (Å²) in [7, 11) is 0.759. The first-order chi connectivity index (χ1) is 21.3. The van der Waals surface area contributed by atoms with Gasteiger partial charge in [-0.05, 0) is 49.4 Å². The normalized spacial score (nSPS) is 13.9. The molecule has 0 aliphatic carbocycles. The van der Waals surface area contributed by atoms with Crippen LogP contribution in [0.1, 0.15) is 117 Å². The summed E-state index contributed by atoms with van der Waals surface area (Å²) in [4.78, 5) is 9.61. The highest BCUT2D eigenvalue weighted by Crippen LogP contribution is 2.62. The van der Waals surface area contributed by atoms with Crippen LogP contribution in [0.2, 0.25) is 0 Å². The van der Waals surface area contributed by atoms with Crippen LogP contribution in [-0.2, 0) is 15.7 Å².